The first-order valence-corrected chi connectivity index (χ1v) is 8.43. The number of pyridine rings is 1. The molecule has 1 aliphatic heterocycles. The summed E-state index contributed by atoms with van der Waals surface area (Å²) in [5, 5.41) is 3.51. The van der Waals surface area contributed by atoms with Gasteiger partial charge < -0.3 is 10.2 Å². The molecule has 3 aromatic rings. The van der Waals surface area contributed by atoms with Gasteiger partial charge in [0.2, 0.25) is 0 Å². The van der Waals surface area contributed by atoms with Gasteiger partial charge in [-0.1, -0.05) is 42.5 Å². The highest BCUT2D eigenvalue weighted by molar-refractivity contribution is 6.01. The molecule has 25 heavy (non-hydrogen) atoms. The number of nitrogens with one attached hydrogen (secondary N) is 1. The van der Waals surface area contributed by atoms with Crippen LogP contribution in [0.15, 0.2) is 79.1 Å². The van der Waals surface area contributed by atoms with Crippen LogP contribution in [0.3, 0.4) is 0 Å². The summed E-state index contributed by atoms with van der Waals surface area (Å²) in [5.74, 6) is 0.0621. The summed E-state index contributed by atoms with van der Waals surface area (Å²) in [6.07, 6.45) is 4.15. The van der Waals surface area contributed by atoms with Crippen molar-refractivity contribution in [2.75, 3.05) is 11.9 Å². The second-order valence-electron chi connectivity index (χ2n) is 6.11. The van der Waals surface area contributed by atoms with Gasteiger partial charge in [0, 0.05) is 24.6 Å². The average Bonchev–Trinajstić information content (AvgIpc) is 2.69. The number of carbonyl (C=O) groups is 1. The van der Waals surface area contributed by atoms with Crippen LogP contribution >= 0.6 is 0 Å². The SMILES string of the molecule is O=C1c2ccccc2NC(c2ccncc2)N1CCc1ccccc1. The highest BCUT2D eigenvalue weighted by Crippen LogP contribution is 2.32. The molecule has 0 fully saturated rings. The molecule has 1 atom stereocenters. The minimum Gasteiger partial charge on any atom is -0.361 e. The normalized spacial score (nSPS) is 16.2. The zero-order valence-corrected chi connectivity index (χ0v) is 13.8. The van der Waals surface area contributed by atoms with E-state index in [1.807, 2.05) is 59.5 Å². The van der Waals surface area contributed by atoms with Gasteiger partial charge in [0.15, 0.2) is 0 Å². The van der Waals surface area contributed by atoms with Gasteiger partial charge in [0.05, 0.1) is 5.56 Å². The molecular weight excluding hydrogens is 310 g/mol. The standard InChI is InChI=1S/C21H19N3O/c25-21-18-8-4-5-9-19(18)23-20(17-10-13-22-14-11-17)24(21)15-12-16-6-2-1-3-7-16/h1-11,13-14,20,23H,12,15H2. The minimum atomic E-state index is -0.186. The zero-order chi connectivity index (χ0) is 17.1. The van der Waals surface area contributed by atoms with E-state index in [9.17, 15) is 4.79 Å². The Balaban J connectivity index is 1.66. The number of aromatic nitrogens is 1. The molecule has 1 aliphatic rings. The van der Waals surface area contributed by atoms with Crippen LogP contribution in [0, 0.1) is 0 Å². The Bertz CT molecular complexity index is 865. The van der Waals surface area contributed by atoms with Crippen LogP contribution in [0.2, 0.25) is 0 Å². The lowest BCUT2D eigenvalue weighted by Crippen LogP contribution is -2.44. The van der Waals surface area contributed by atoms with Crippen molar-refractivity contribution in [2.24, 2.45) is 0 Å². The van der Waals surface area contributed by atoms with E-state index >= 15 is 0 Å². The van der Waals surface area contributed by atoms with Crippen molar-refractivity contribution in [2.45, 2.75) is 12.6 Å². The van der Waals surface area contributed by atoms with Gasteiger partial charge in [0.1, 0.15) is 6.17 Å². The molecule has 2 aromatic carbocycles. The zero-order valence-electron chi connectivity index (χ0n) is 13.8. The van der Waals surface area contributed by atoms with E-state index in [1.165, 1.54) is 5.56 Å². The fraction of sp³-hybridized carbons (Fsp3) is 0.143. The molecule has 0 aliphatic carbocycles. The molecule has 1 aromatic heterocycles. The fourth-order valence-electron chi connectivity index (χ4n) is 3.23. The van der Waals surface area contributed by atoms with Crippen LogP contribution < -0.4 is 5.32 Å². The average molecular weight is 329 g/mol. The maximum Gasteiger partial charge on any atom is 0.257 e. The first-order chi connectivity index (χ1) is 12.3. The number of carbonyl (C=O) groups excluding carboxylic acids is 1. The Labute approximate surface area is 147 Å². The lowest BCUT2D eigenvalue weighted by Gasteiger charge is -2.38. The van der Waals surface area contributed by atoms with Crippen molar-refractivity contribution < 1.29 is 4.79 Å². The third-order valence-corrected chi connectivity index (χ3v) is 4.53. The number of amides is 1. The second kappa shape index (κ2) is 6.77. The molecule has 0 bridgehead atoms. The first kappa shape index (κ1) is 15.4. The van der Waals surface area contributed by atoms with Crippen LogP contribution in [-0.2, 0) is 6.42 Å². The molecule has 124 valence electrons. The summed E-state index contributed by atoms with van der Waals surface area (Å²) >= 11 is 0. The molecule has 0 radical (unpaired) electrons. The third kappa shape index (κ3) is 3.11. The molecule has 4 heteroatoms. The molecule has 1 unspecified atom stereocenters. The predicted molar refractivity (Wildman–Crippen MR) is 98.2 cm³/mol. The Morgan fingerprint density at radius 1 is 0.920 bits per heavy atom. The maximum absolute atomic E-state index is 13.1. The topological polar surface area (TPSA) is 45.2 Å². The van der Waals surface area contributed by atoms with Crippen LogP contribution in [0.25, 0.3) is 0 Å². The van der Waals surface area contributed by atoms with Crippen LogP contribution in [0.1, 0.15) is 27.7 Å². The van der Waals surface area contributed by atoms with Gasteiger partial charge in [-0.05, 0) is 41.8 Å². The van der Waals surface area contributed by atoms with Crippen molar-refractivity contribution in [1.29, 1.82) is 0 Å². The highest BCUT2D eigenvalue weighted by atomic mass is 16.2. The van der Waals surface area contributed by atoms with Gasteiger partial charge in [0.25, 0.3) is 5.91 Å². The molecule has 4 nitrogen and oxygen atoms in total. The summed E-state index contributed by atoms with van der Waals surface area (Å²) in [6, 6.07) is 21.8. The smallest absolute Gasteiger partial charge is 0.257 e. The first-order valence-electron chi connectivity index (χ1n) is 8.43. The number of nitrogens with zero attached hydrogens (tertiary/aromatic N) is 2. The Morgan fingerprint density at radius 3 is 2.44 bits per heavy atom. The molecule has 1 amide bonds. The monoisotopic (exact) mass is 329 g/mol. The van der Waals surface area contributed by atoms with Crippen molar-refractivity contribution >= 4 is 11.6 Å². The quantitative estimate of drug-likeness (QED) is 0.790. The number of hydrogen-bond donors (Lipinski definition) is 1. The lowest BCUT2D eigenvalue weighted by atomic mass is 10.0. The van der Waals surface area contributed by atoms with Gasteiger partial charge in [-0.25, -0.2) is 0 Å². The Morgan fingerprint density at radius 2 is 1.64 bits per heavy atom. The fourth-order valence-corrected chi connectivity index (χ4v) is 3.23. The maximum atomic E-state index is 13.1. The van der Waals surface area contributed by atoms with E-state index in [-0.39, 0.29) is 12.1 Å². The van der Waals surface area contributed by atoms with Crippen molar-refractivity contribution in [3.05, 3.63) is 95.8 Å². The third-order valence-electron chi connectivity index (χ3n) is 4.53. The molecule has 0 saturated carbocycles. The lowest BCUT2D eigenvalue weighted by molar-refractivity contribution is 0.0685. The van der Waals surface area contributed by atoms with E-state index in [0.717, 1.165) is 23.2 Å². The largest absolute Gasteiger partial charge is 0.361 e. The van der Waals surface area contributed by atoms with E-state index < -0.39 is 0 Å². The van der Waals surface area contributed by atoms with Crippen LogP contribution in [0.4, 0.5) is 5.69 Å². The van der Waals surface area contributed by atoms with E-state index in [0.29, 0.717) is 6.54 Å². The number of hydrogen-bond acceptors (Lipinski definition) is 3. The summed E-state index contributed by atoms with van der Waals surface area (Å²) in [7, 11) is 0. The van der Waals surface area contributed by atoms with E-state index in [2.05, 4.69) is 22.4 Å². The van der Waals surface area contributed by atoms with E-state index in [4.69, 9.17) is 0 Å². The molecule has 0 spiro atoms. The Hall–Kier alpha value is -3.14. The number of anilines is 1. The van der Waals surface area contributed by atoms with Crippen LogP contribution in [0.5, 0.6) is 0 Å². The van der Waals surface area contributed by atoms with Gasteiger partial charge in [-0.2, -0.15) is 0 Å². The van der Waals surface area contributed by atoms with Gasteiger partial charge >= 0.3 is 0 Å². The highest BCUT2D eigenvalue weighted by Gasteiger charge is 2.32. The Kier molecular flexibility index (Phi) is 4.17. The summed E-state index contributed by atoms with van der Waals surface area (Å²) in [4.78, 5) is 19.1. The van der Waals surface area contributed by atoms with E-state index in [1.54, 1.807) is 12.4 Å². The molecule has 4 rings (SSSR count). The van der Waals surface area contributed by atoms with Crippen molar-refractivity contribution in [3.8, 4) is 0 Å². The number of para-hydroxylation sites is 1. The summed E-state index contributed by atoms with van der Waals surface area (Å²) in [5.41, 5.74) is 3.86. The molecule has 1 N–H and O–H groups in total. The molecule has 2 heterocycles. The minimum absolute atomic E-state index is 0.0621. The van der Waals surface area contributed by atoms with Crippen molar-refractivity contribution in [3.63, 3.8) is 0 Å². The summed E-state index contributed by atoms with van der Waals surface area (Å²) < 4.78 is 0. The predicted octanol–water partition coefficient (Wildman–Crippen LogP) is 3.89. The number of rotatable bonds is 4. The van der Waals surface area contributed by atoms with Crippen LogP contribution in [-0.4, -0.2) is 22.3 Å². The number of benzene rings is 2. The van der Waals surface area contributed by atoms with Crippen molar-refractivity contribution in [1.82, 2.24) is 9.88 Å². The molecular formula is C21H19N3O. The van der Waals surface area contributed by atoms with Gasteiger partial charge in [-0.3, -0.25) is 9.78 Å². The van der Waals surface area contributed by atoms with Gasteiger partial charge in [-0.15, -0.1) is 0 Å². The summed E-state index contributed by atoms with van der Waals surface area (Å²) in [6.45, 7) is 0.650. The number of fused-ring (bicyclic) bond motifs is 1. The molecule has 0 saturated heterocycles. The second-order valence-corrected chi connectivity index (χ2v) is 6.11.